The van der Waals surface area contributed by atoms with Gasteiger partial charge in [-0.1, -0.05) is 59.9 Å². The fourth-order valence-corrected chi connectivity index (χ4v) is 4.24. The fraction of sp³-hybridized carbons (Fsp3) is 0.250. The number of aryl methyl sites for hydroxylation is 1. The van der Waals surface area contributed by atoms with Crippen LogP contribution in [0.1, 0.15) is 28.4 Å². The fourth-order valence-electron chi connectivity index (χ4n) is 2.06. The number of hydrogen-bond donors (Lipinski definition) is 0. The smallest absolute Gasteiger partial charge is 0.120 e. The van der Waals surface area contributed by atoms with Crippen molar-refractivity contribution in [2.75, 3.05) is 6.61 Å². The van der Waals surface area contributed by atoms with Crippen LogP contribution in [0.4, 0.5) is 0 Å². The Morgan fingerprint density at radius 2 is 1.85 bits per heavy atom. The molecule has 2 aromatic rings. The second-order valence-corrected chi connectivity index (χ2v) is 7.23. The van der Waals surface area contributed by atoms with Gasteiger partial charge < -0.3 is 4.74 Å². The monoisotopic (exact) mass is 460 g/mol. The second-order valence-electron chi connectivity index (χ2n) is 4.54. The Hall–Kier alpha value is -0.320. The van der Waals surface area contributed by atoms with E-state index in [-0.39, 0.29) is 4.83 Å². The van der Waals surface area contributed by atoms with Crippen LogP contribution in [0.3, 0.4) is 0 Å². The molecule has 1 unspecified atom stereocenters. The van der Waals surface area contributed by atoms with Crippen molar-refractivity contribution >= 4 is 47.8 Å². The predicted octanol–water partition coefficient (Wildman–Crippen LogP) is 6.40. The molecule has 0 aliphatic heterocycles. The van der Waals surface area contributed by atoms with E-state index in [9.17, 15) is 0 Å². The lowest BCUT2D eigenvalue weighted by atomic mass is 10.0. The largest absolute Gasteiger partial charge is 0.494 e. The lowest BCUT2D eigenvalue weighted by Gasteiger charge is -2.15. The lowest BCUT2D eigenvalue weighted by molar-refractivity contribution is 0.340. The Kier molecular flexibility index (Phi) is 5.70. The number of benzene rings is 2. The van der Waals surface area contributed by atoms with Gasteiger partial charge in [0.2, 0.25) is 0 Å². The maximum absolute atomic E-state index is 5.51. The second kappa shape index (κ2) is 7.10. The first-order valence-electron chi connectivity index (χ1n) is 6.34. The van der Waals surface area contributed by atoms with Gasteiger partial charge in [-0.3, -0.25) is 0 Å². The van der Waals surface area contributed by atoms with Gasteiger partial charge in [-0.15, -0.1) is 0 Å². The van der Waals surface area contributed by atoms with Crippen molar-refractivity contribution in [3.8, 4) is 5.75 Å². The summed E-state index contributed by atoms with van der Waals surface area (Å²) >= 11 is 11.0. The van der Waals surface area contributed by atoms with Crippen molar-refractivity contribution in [3.63, 3.8) is 0 Å². The lowest BCUT2D eigenvalue weighted by Crippen LogP contribution is -1.97. The van der Waals surface area contributed by atoms with E-state index in [0.29, 0.717) is 6.61 Å². The highest BCUT2D eigenvalue weighted by Gasteiger charge is 2.15. The third kappa shape index (κ3) is 3.86. The molecule has 2 rings (SSSR count). The number of hydrogen-bond acceptors (Lipinski definition) is 1. The summed E-state index contributed by atoms with van der Waals surface area (Å²) in [7, 11) is 0. The summed E-state index contributed by atoms with van der Waals surface area (Å²) in [4.78, 5) is 0.142. The molecule has 0 N–H and O–H groups in total. The van der Waals surface area contributed by atoms with E-state index in [1.165, 1.54) is 16.7 Å². The summed E-state index contributed by atoms with van der Waals surface area (Å²) in [6.07, 6.45) is 0. The Balaban J connectivity index is 2.35. The Morgan fingerprint density at radius 3 is 2.45 bits per heavy atom. The molecule has 0 heterocycles. The summed E-state index contributed by atoms with van der Waals surface area (Å²) in [5.74, 6) is 0.883. The molecule has 0 amide bonds. The number of rotatable bonds is 4. The highest BCUT2D eigenvalue weighted by molar-refractivity contribution is 9.11. The van der Waals surface area contributed by atoms with Crippen molar-refractivity contribution < 1.29 is 4.74 Å². The van der Waals surface area contributed by atoms with Crippen LogP contribution in [0.5, 0.6) is 5.75 Å². The Labute approximate surface area is 145 Å². The van der Waals surface area contributed by atoms with Gasteiger partial charge in [0, 0.05) is 8.95 Å². The van der Waals surface area contributed by atoms with Gasteiger partial charge >= 0.3 is 0 Å². The number of halogens is 3. The van der Waals surface area contributed by atoms with Gasteiger partial charge in [-0.05, 0) is 54.8 Å². The van der Waals surface area contributed by atoms with Crippen LogP contribution < -0.4 is 4.74 Å². The first-order valence-corrected chi connectivity index (χ1v) is 8.85. The van der Waals surface area contributed by atoms with E-state index in [0.717, 1.165) is 14.7 Å². The van der Waals surface area contributed by atoms with Crippen molar-refractivity contribution in [3.05, 3.63) is 62.0 Å². The van der Waals surface area contributed by atoms with E-state index >= 15 is 0 Å². The van der Waals surface area contributed by atoms with Crippen LogP contribution in [0, 0.1) is 6.92 Å². The molecule has 0 saturated heterocycles. The van der Waals surface area contributed by atoms with Crippen LogP contribution >= 0.6 is 47.8 Å². The minimum atomic E-state index is 0.142. The molecule has 20 heavy (non-hydrogen) atoms. The normalized spacial score (nSPS) is 12.2. The van der Waals surface area contributed by atoms with Crippen LogP contribution in [0.15, 0.2) is 45.3 Å². The van der Waals surface area contributed by atoms with Crippen molar-refractivity contribution in [1.29, 1.82) is 0 Å². The van der Waals surface area contributed by atoms with Gasteiger partial charge in [0.25, 0.3) is 0 Å². The zero-order valence-electron chi connectivity index (χ0n) is 11.3. The molecule has 1 nitrogen and oxygen atoms in total. The van der Waals surface area contributed by atoms with Gasteiger partial charge in [-0.25, -0.2) is 0 Å². The Bertz CT molecular complexity index is 590. The minimum Gasteiger partial charge on any atom is -0.494 e. The standard InChI is InChI=1S/C16H15Br3O/c1-3-20-13-4-5-14(15(18)9-13)16(19)11-6-10(2)7-12(17)8-11/h4-9,16H,3H2,1-2H3. The molecule has 0 aliphatic rings. The molecule has 0 radical (unpaired) electrons. The van der Waals surface area contributed by atoms with E-state index in [1.807, 2.05) is 19.1 Å². The molecule has 0 aliphatic carbocycles. The molecule has 4 heteroatoms. The number of alkyl halides is 1. The molecule has 1 atom stereocenters. The molecule has 0 bridgehead atoms. The topological polar surface area (TPSA) is 9.23 Å². The van der Waals surface area contributed by atoms with Gasteiger partial charge in [-0.2, -0.15) is 0 Å². The average Bonchev–Trinajstić information content (AvgIpc) is 2.37. The van der Waals surface area contributed by atoms with E-state index in [2.05, 4.69) is 79.0 Å². The highest BCUT2D eigenvalue weighted by Crippen LogP contribution is 2.38. The molecule has 0 spiro atoms. The van der Waals surface area contributed by atoms with Crippen molar-refractivity contribution in [2.45, 2.75) is 18.7 Å². The maximum atomic E-state index is 5.51. The summed E-state index contributed by atoms with van der Waals surface area (Å²) in [5.41, 5.74) is 3.65. The SMILES string of the molecule is CCOc1ccc(C(Br)c2cc(C)cc(Br)c2)c(Br)c1. The van der Waals surface area contributed by atoms with Gasteiger partial charge in [0.05, 0.1) is 11.4 Å². The summed E-state index contributed by atoms with van der Waals surface area (Å²) in [6.45, 7) is 4.76. The highest BCUT2D eigenvalue weighted by atomic mass is 79.9. The van der Waals surface area contributed by atoms with Crippen LogP contribution in [-0.4, -0.2) is 6.61 Å². The third-order valence-electron chi connectivity index (χ3n) is 2.91. The number of ether oxygens (including phenoxy) is 1. The average molecular weight is 463 g/mol. The molecule has 2 aromatic carbocycles. The van der Waals surface area contributed by atoms with E-state index in [4.69, 9.17) is 4.74 Å². The van der Waals surface area contributed by atoms with Crippen molar-refractivity contribution in [2.24, 2.45) is 0 Å². The zero-order valence-corrected chi connectivity index (χ0v) is 16.0. The molecule has 0 aromatic heterocycles. The minimum absolute atomic E-state index is 0.142. The Morgan fingerprint density at radius 1 is 1.10 bits per heavy atom. The van der Waals surface area contributed by atoms with E-state index in [1.54, 1.807) is 0 Å². The predicted molar refractivity (Wildman–Crippen MR) is 95.0 cm³/mol. The van der Waals surface area contributed by atoms with Gasteiger partial charge in [0.1, 0.15) is 5.75 Å². The first kappa shape index (κ1) is 16.1. The third-order valence-corrected chi connectivity index (χ3v) is 5.08. The molecule has 106 valence electrons. The maximum Gasteiger partial charge on any atom is 0.120 e. The summed E-state index contributed by atoms with van der Waals surface area (Å²) in [6, 6.07) is 12.5. The summed E-state index contributed by atoms with van der Waals surface area (Å²) in [5, 5.41) is 0. The quantitative estimate of drug-likeness (QED) is 0.477. The van der Waals surface area contributed by atoms with Crippen molar-refractivity contribution in [1.82, 2.24) is 0 Å². The summed E-state index contributed by atoms with van der Waals surface area (Å²) < 4.78 is 7.65. The molecule has 0 fully saturated rings. The van der Waals surface area contributed by atoms with Crippen LogP contribution in [0.25, 0.3) is 0 Å². The van der Waals surface area contributed by atoms with Crippen LogP contribution in [0.2, 0.25) is 0 Å². The van der Waals surface area contributed by atoms with E-state index < -0.39 is 0 Å². The molecular weight excluding hydrogens is 448 g/mol. The van der Waals surface area contributed by atoms with Gasteiger partial charge in [0.15, 0.2) is 0 Å². The van der Waals surface area contributed by atoms with Crippen LogP contribution in [-0.2, 0) is 0 Å². The molecular formula is C16H15Br3O. The molecule has 0 saturated carbocycles. The first-order chi connectivity index (χ1) is 9.51. The zero-order chi connectivity index (χ0) is 14.7.